The first-order valence-corrected chi connectivity index (χ1v) is 12.7. The Balaban J connectivity index is 1.69. The largest absolute Gasteiger partial charge is 0.491 e. The maximum Gasteiger partial charge on any atom is 0.407 e. The number of para-hydroxylation sites is 1. The van der Waals surface area contributed by atoms with E-state index in [1.54, 1.807) is 64.2 Å². The molecule has 0 fully saturated rings. The minimum atomic E-state index is -0.652. The van der Waals surface area contributed by atoms with Crippen LogP contribution in [0.25, 0.3) is 17.1 Å². The lowest BCUT2D eigenvalue weighted by Crippen LogP contribution is -2.34. The van der Waals surface area contributed by atoms with Gasteiger partial charge in [0, 0.05) is 24.8 Å². The monoisotopic (exact) mass is 546 g/mol. The molecule has 2 aromatic heterocycles. The average Bonchev–Trinajstić information content (AvgIpc) is 2.93. The summed E-state index contributed by atoms with van der Waals surface area (Å²) >= 11 is 0. The van der Waals surface area contributed by atoms with Gasteiger partial charge in [0.25, 0.3) is 11.8 Å². The normalized spacial score (nSPS) is 11.3. The van der Waals surface area contributed by atoms with Gasteiger partial charge in [-0.05, 0) is 63.2 Å². The summed E-state index contributed by atoms with van der Waals surface area (Å²) in [7, 11) is 1.80. The molecule has 3 amide bonds. The molecule has 0 radical (unpaired) electrons. The van der Waals surface area contributed by atoms with Crippen LogP contribution in [0.2, 0.25) is 0 Å². The third-order valence-corrected chi connectivity index (χ3v) is 5.29. The number of anilines is 1. The zero-order valence-corrected chi connectivity index (χ0v) is 23.0. The molecule has 1 aromatic carbocycles. The number of carbonyl (C=O) groups excluding carboxylic acids is 3. The fourth-order valence-corrected chi connectivity index (χ4v) is 3.54. The molecule has 11 nitrogen and oxygen atoms in total. The van der Waals surface area contributed by atoms with Crippen molar-refractivity contribution in [3.8, 4) is 11.4 Å². The van der Waals surface area contributed by atoms with Crippen molar-refractivity contribution in [2.45, 2.75) is 26.4 Å². The zero-order valence-electron chi connectivity index (χ0n) is 23.0. The van der Waals surface area contributed by atoms with Crippen molar-refractivity contribution >= 4 is 29.4 Å². The van der Waals surface area contributed by atoms with Gasteiger partial charge in [-0.3, -0.25) is 9.59 Å². The highest BCUT2D eigenvalue weighted by atomic mass is 16.6. The minimum absolute atomic E-state index is 0.106. The molecule has 3 rings (SSSR count). The predicted molar refractivity (Wildman–Crippen MR) is 152 cm³/mol. The molecule has 0 aliphatic heterocycles. The molecule has 0 saturated carbocycles. The summed E-state index contributed by atoms with van der Waals surface area (Å²) in [6.45, 7) is 5.91. The highest BCUT2D eigenvalue weighted by Gasteiger charge is 2.16. The molecular weight excluding hydrogens is 512 g/mol. The van der Waals surface area contributed by atoms with E-state index < -0.39 is 23.5 Å². The number of hydrogen-bond donors (Lipinski definition) is 4. The van der Waals surface area contributed by atoms with E-state index in [0.29, 0.717) is 17.1 Å². The Kier molecular flexibility index (Phi) is 10.2. The molecule has 40 heavy (non-hydrogen) atoms. The summed E-state index contributed by atoms with van der Waals surface area (Å²) in [6, 6.07) is 17.4. The molecule has 0 aliphatic rings. The number of pyridine rings is 2. The van der Waals surface area contributed by atoms with E-state index in [-0.39, 0.29) is 31.1 Å². The number of nitrogens with one attached hydrogen (secondary N) is 3. The Morgan fingerprint density at radius 2 is 1.55 bits per heavy atom. The van der Waals surface area contributed by atoms with Crippen LogP contribution in [-0.4, -0.2) is 60.2 Å². The third kappa shape index (κ3) is 8.83. The standard InChI is InChI=1S/C29H34N6O5/c1-29(2,3)40-28(38)33-17-18-39-25(19-9-5-6-10-20(19)31-4)15-16-32-27(37)24-14-8-12-22(35-24)21-11-7-13-23(34-21)26(30)36/h5-15,31H,16-18H2,1-4H3,(H2,30,36)(H,32,37)(H,33,38)/b25-15+. The fraction of sp³-hybridized carbons (Fsp3) is 0.276. The van der Waals surface area contributed by atoms with Crippen molar-refractivity contribution in [2.24, 2.45) is 5.73 Å². The maximum absolute atomic E-state index is 12.9. The lowest BCUT2D eigenvalue weighted by molar-refractivity contribution is 0.0517. The highest BCUT2D eigenvalue weighted by Crippen LogP contribution is 2.24. The van der Waals surface area contributed by atoms with Crippen molar-refractivity contribution < 1.29 is 23.9 Å². The van der Waals surface area contributed by atoms with E-state index in [2.05, 4.69) is 25.9 Å². The number of nitrogens with two attached hydrogens (primary N) is 1. The Morgan fingerprint density at radius 1 is 0.900 bits per heavy atom. The second kappa shape index (κ2) is 13.7. The molecule has 0 unspecified atom stereocenters. The van der Waals surface area contributed by atoms with E-state index in [4.69, 9.17) is 15.2 Å². The number of primary amides is 1. The van der Waals surface area contributed by atoms with Crippen LogP contribution >= 0.6 is 0 Å². The number of benzene rings is 1. The maximum atomic E-state index is 12.9. The number of amides is 3. The van der Waals surface area contributed by atoms with Gasteiger partial charge in [-0.15, -0.1) is 0 Å². The molecular formula is C29H34N6O5. The number of ether oxygens (including phenoxy) is 2. The first-order chi connectivity index (χ1) is 19.1. The molecule has 11 heteroatoms. The molecule has 0 aliphatic carbocycles. The molecule has 210 valence electrons. The van der Waals surface area contributed by atoms with E-state index in [0.717, 1.165) is 11.3 Å². The molecule has 3 aromatic rings. The van der Waals surface area contributed by atoms with Crippen LogP contribution in [0, 0.1) is 0 Å². The SMILES string of the molecule is CNc1ccccc1/C(=C\CNC(=O)c1cccc(-c2cccc(C(N)=O)n2)n1)OCCNC(=O)OC(C)(C)C. The van der Waals surface area contributed by atoms with Gasteiger partial charge in [0.05, 0.1) is 17.9 Å². The molecule has 0 bridgehead atoms. The molecule has 0 saturated heterocycles. The summed E-state index contributed by atoms with van der Waals surface area (Å²) in [6.07, 6.45) is 1.21. The summed E-state index contributed by atoms with van der Waals surface area (Å²) in [5, 5.41) is 8.60. The molecule has 5 N–H and O–H groups in total. The van der Waals surface area contributed by atoms with Gasteiger partial charge >= 0.3 is 6.09 Å². The van der Waals surface area contributed by atoms with Gasteiger partial charge in [0.2, 0.25) is 0 Å². The number of rotatable bonds is 11. The topological polar surface area (TPSA) is 158 Å². The van der Waals surface area contributed by atoms with E-state index in [9.17, 15) is 14.4 Å². The smallest absolute Gasteiger partial charge is 0.407 e. The quantitative estimate of drug-likeness (QED) is 0.210. The Morgan fingerprint density at radius 3 is 2.20 bits per heavy atom. The van der Waals surface area contributed by atoms with Gasteiger partial charge < -0.3 is 31.2 Å². The second-order valence-electron chi connectivity index (χ2n) is 9.53. The average molecular weight is 547 g/mol. The predicted octanol–water partition coefficient (Wildman–Crippen LogP) is 3.60. The second-order valence-corrected chi connectivity index (χ2v) is 9.53. The number of aromatic nitrogens is 2. The summed E-state index contributed by atoms with van der Waals surface area (Å²) in [5.74, 6) is -0.538. The molecule has 0 spiro atoms. The van der Waals surface area contributed by atoms with Crippen molar-refractivity contribution in [2.75, 3.05) is 32.1 Å². The zero-order chi connectivity index (χ0) is 29.1. The lowest BCUT2D eigenvalue weighted by Gasteiger charge is -2.20. The van der Waals surface area contributed by atoms with Crippen LogP contribution in [-0.2, 0) is 9.47 Å². The third-order valence-electron chi connectivity index (χ3n) is 5.29. The Hall–Kier alpha value is -4.93. The highest BCUT2D eigenvalue weighted by molar-refractivity contribution is 5.93. The number of hydrogen-bond acceptors (Lipinski definition) is 8. The Labute approximate surface area is 233 Å². The van der Waals surface area contributed by atoms with Crippen molar-refractivity contribution in [3.05, 3.63) is 83.7 Å². The molecule has 2 heterocycles. The number of carbonyl (C=O) groups is 3. The summed E-state index contributed by atoms with van der Waals surface area (Å²) in [4.78, 5) is 44.9. The van der Waals surface area contributed by atoms with Gasteiger partial charge in [0.1, 0.15) is 29.4 Å². The van der Waals surface area contributed by atoms with Crippen LogP contribution in [0.4, 0.5) is 10.5 Å². The number of alkyl carbamates (subject to hydrolysis) is 1. The van der Waals surface area contributed by atoms with Crippen LogP contribution in [0.1, 0.15) is 47.3 Å². The van der Waals surface area contributed by atoms with E-state index in [1.165, 1.54) is 6.07 Å². The van der Waals surface area contributed by atoms with Gasteiger partial charge in [-0.2, -0.15) is 0 Å². The number of nitrogens with zero attached hydrogens (tertiary/aromatic N) is 2. The van der Waals surface area contributed by atoms with E-state index in [1.807, 2.05) is 24.3 Å². The summed E-state index contributed by atoms with van der Waals surface area (Å²) < 4.78 is 11.2. The van der Waals surface area contributed by atoms with Gasteiger partial charge in [-0.25, -0.2) is 14.8 Å². The van der Waals surface area contributed by atoms with E-state index >= 15 is 0 Å². The van der Waals surface area contributed by atoms with Crippen LogP contribution in [0.3, 0.4) is 0 Å². The minimum Gasteiger partial charge on any atom is -0.491 e. The van der Waals surface area contributed by atoms with Crippen LogP contribution in [0.15, 0.2) is 66.7 Å². The van der Waals surface area contributed by atoms with Crippen LogP contribution in [0.5, 0.6) is 0 Å². The van der Waals surface area contributed by atoms with Gasteiger partial charge in [-0.1, -0.05) is 24.3 Å². The van der Waals surface area contributed by atoms with Crippen molar-refractivity contribution in [3.63, 3.8) is 0 Å². The molecule has 0 atom stereocenters. The first kappa shape index (κ1) is 29.6. The lowest BCUT2D eigenvalue weighted by atomic mass is 10.1. The Bertz CT molecular complexity index is 1380. The first-order valence-electron chi connectivity index (χ1n) is 12.7. The van der Waals surface area contributed by atoms with Gasteiger partial charge in [0.15, 0.2) is 0 Å². The fourth-order valence-electron chi connectivity index (χ4n) is 3.54. The summed E-state index contributed by atoms with van der Waals surface area (Å²) in [5.41, 5.74) is 7.48. The van der Waals surface area contributed by atoms with Crippen molar-refractivity contribution in [1.29, 1.82) is 0 Å². The van der Waals surface area contributed by atoms with Crippen molar-refractivity contribution in [1.82, 2.24) is 20.6 Å². The van der Waals surface area contributed by atoms with Crippen LogP contribution < -0.4 is 21.7 Å².